The van der Waals surface area contributed by atoms with E-state index in [1.807, 2.05) is 0 Å². The molecule has 1 fully saturated rings. The molecule has 1 saturated heterocycles. The molecule has 2 aromatic rings. The summed E-state index contributed by atoms with van der Waals surface area (Å²) >= 11 is 1.36. The van der Waals surface area contributed by atoms with Gasteiger partial charge in [-0.1, -0.05) is 16.9 Å². The van der Waals surface area contributed by atoms with E-state index in [9.17, 15) is 19.1 Å². The minimum absolute atomic E-state index is 0.0112. The van der Waals surface area contributed by atoms with Gasteiger partial charge in [-0.2, -0.15) is 0 Å². The Kier molecular flexibility index (Phi) is 3.80. The minimum atomic E-state index is -1.39. The average Bonchev–Trinajstić information content (AvgIpc) is 3.09. The van der Waals surface area contributed by atoms with Crippen molar-refractivity contribution >= 4 is 40.3 Å². The normalized spacial score (nSPS) is 18.7. The first kappa shape index (κ1) is 16.4. The van der Waals surface area contributed by atoms with E-state index in [0.717, 1.165) is 6.07 Å². The number of aromatic carboxylic acids is 1. The van der Waals surface area contributed by atoms with E-state index in [-0.39, 0.29) is 29.9 Å². The number of fused-ring (bicyclic) bond motifs is 1. The van der Waals surface area contributed by atoms with Gasteiger partial charge in [0.2, 0.25) is 5.43 Å². The van der Waals surface area contributed by atoms with Crippen molar-refractivity contribution in [3.05, 3.63) is 45.5 Å². The third-order valence-corrected chi connectivity index (χ3v) is 5.04. The van der Waals surface area contributed by atoms with Gasteiger partial charge in [0, 0.05) is 12.4 Å². The van der Waals surface area contributed by atoms with Crippen molar-refractivity contribution in [2.45, 2.75) is 5.50 Å². The van der Waals surface area contributed by atoms with Crippen LogP contribution in [0.25, 0.3) is 11.0 Å². The molecule has 1 atom stereocenters. The number of thioether (sulfide) groups is 1. The molecule has 2 aromatic heterocycles. The molecule has 4 heterocycles. The number of anilines is 1. The van der Waals surface area contributed by atoms with E-state index >= 15 is 0 Å². The van der Waals surface area contributed by atoms with Crippen LogP contribution in [0.1, 0.15) is 15.9 Å². The zero-order valence-electron chi connectivity index (χ0n) is 13.1. The number of aromatic nitrogens is 2. The SMILES string of the molecule is O=C(O)c1cn(C2NC=CS2)c2nc(N3CC(=NO)C3)c(F)cc2c1=O. The Balaban J connectivity index is 1.93. The molecule has 26 heavy (non-hydrogen) atoms. The monoisotopic (exact) mass is 377 g/mol. The second-order valence-corrected chi connectivity index (χ2v) is 6.72. The highest BCUT2D eigenvalue weighted by Crippen LogP contribution is 2.30. The number of hydrogen-bond acceptors (Lipinski definition) is 8. The molecule has 2 aliphatic rings. The quantitative estimate of drug-likeness (QED) is 0.538. The van der Waals surface area contributed by atoms with E-state index in [2.05, 4.69) is 15.5 Å². The van der Waals surface area contributed by atoms with E-state index in [0.29, 0.717) is 5.71 Å². The van der Waals surface area contributed by atoms with Crippen LogP contribution in [0.4, 0.5) is 10.2 Å². The predicted molar refractivity (Wildman–Crippen MR) is 93.3 cm³/mol. The molecule has 0 aromatic carbocycles. The van der Waals surface area contributed by atoms with E-state index in [1.165, 1.54) is 22.5 Å². The molecule has 0 aliphatic carbocycles. The van der Waals surface area contributed by atoms with Crippen LogP contribution in [0.2, 0.25) is 0 Å². The average molecular weight is 377 g/mol. The Labute approximate surface area is 149 Å². The predicted octanol–water partition coefficient (Wildman–Crippen LogP) is 1.15. The summed E-state index contributed by atoms with van der Waals surface area (Å²) in [7, 11) is 0. The van der Waals surface area contributed by atoms with Gasteiger partial charge in [0.05, 0.1) is 24.2 Å². The van der Waals surface area contributed by atoms with E-state index < -0.39 is 28.3 Å². The highest BCUT2D eigenvalue weighted by atomic mass is 32.2. The van der Waals surface area contributed by atoms with Crippen LogP contribution in [0.5, 0.6) is 0 Å². The molecule has 4 rings (SSSR count). The summed E-state index contributed by atoms with van der Waals surface area (Å²) < 4.78 is 16.0. The Hall–Kier alpha value is -3.08. The number of carbonyl (C=O) groups is 1. The lowest BCUT2D eigenvalue weighted by molar-refractivity contribution is 0.0694. The van der Waals surface area contributed by atoms with Gasteiger partial charge in [-0.05, 0) is 11.5 Å². The third-order valence-electron chi connectivity index (χ3n) is 4.12. The van der Waals surface area contributed by atoms with E-state index in [1.54, 1.807) is 16.5 Å². The number of hydrogen-bond donors (Lipinski definition) is 3. The number of carboxylic acid groups (broad SMARTS) is 1. The first-order valence-electron chi connectivity index (χ1n) is 7.49. The molecule has 0 amide bonds. The lowest BCUT2D eigenvalue weighted by atomic mass is 10.1. The van der Waals surface area contributed by atoms with Gasteiger partial charge in [-0.25, -0.2) is 14.2 Å². The molecular weight excluding hydrogens is 365 g/mol. The van der Waals surface area contributed by atoms with Crippen molar-refractivity contribution in [3.63, 3.8) is 0 Å². The van der Waals surface area contributed by atoms with E-state index in [4.69, 9.17) is 5.21 Å². The number of rotatable bonds is 3. The number of nitrogens with one attached hydrogen (secondary N) is 1. The Morgan fingerprint density at radius 2 is 2.23 bits per heavy atom. The number of pyridine rings is 2. The second-order valence-electron chi connectivity index (χ2n) is 5.73. The van der Waals surface area contributed by atoms with Gasteiger partial charge in [0.25, 0.3) is 0 Å². The smallest absolute Gasteiger partial charge is 0.341 e. The van der Waals surface area contributed by atoms with Crippen LogP contribution in [0.3, 0.4) is 0 Å². The first-order valence-corrected chi connectivity index (χ1v) is 8.44. The molecule has 0 bridgehead atoms. The molecule has 2 aliphatic heterocycles. The standard InChI is InChI=1S/C15H12FN5O4S/c16-10-3-8-11(22)9(14(23)24)6-21(15-17-1-2-26-15)12(8)18-13(10)20-4-7(5-20)19-25/h1-3,6,15,17,25H,4-5H2,(H,23,24). The van der Waals surface area contributed by atoms with Crippen LogP contribution in [-0.4, -0.2) is 44.6 Å². The molecule has 3 N–H and O–H groups in total. The summed E-state index contributed by atoms with van der Waals surface area (Å²) in [6.07, 6.45) is 2.89. The highest BCUT2D eigenvalue weighted by molar-refractivity contribution is 8.02. The Bertz CT molecular complexity index is 1030. The van der Waals surface area contributed by atoms with Crippen LogP contribution in [0.15, 0.2) is 33.8 Å². The number of oxime groups is 1. The third kappa shape index (κ3) is 2.47. The topological polar surface area (TPSA) is 120 Å². The number of carboxylic acids is 1. The summed E-state index contributed by atoms with van der Waals surface area (Å²) in [5.74, 6) is -2.12. The van der Waals surface area contributed by atoms with Crippen LogP contribution in [-0.2, 0) is 0 Å². The minimum Gasteiger partial charge on any atom is -0.477 e. The molecule has 0 radical (unpaired) electrons. The largest absolute Gasteiger partial charge is 0.477 e. The van der Waals surface area contributed by atoms with Gasteiger partial charge < -0.3 is 25.1 Å². The molecule has 9 nitrogen and oxygen atoms in total. The molecule has 11 heteroatoms. The Morgan fingerprint density at radius 3 is 2.85 bits per heavy atom. The van der Waals surface area contributed by atoms with Crippen LogP contribution >= 0.6 is 11.8 Å². The second kappa shape index (κ2) is 6.02. The summed E-state index contributed by atoms with van der Waals surface area (Å²) in [6.45, 7) is 0.447. The molecule has 134 valence electrons. The first-order chi connectivity index (χ1) is 12.5. The maximum Gasteiger partial charge on any atom is 0.341 e. The summed E-state index contributed by atoms with van der Waals surface area (Å²) in [5, 5.41) is 25.8. The lowest BCUT2D eigenvalue weighted by Gasteiger charge is -2.33. The molecule has 0 saturated carbocycles. The zero-order chi connectivity index (χ0) is 18.4. The lowest BCUT2D eigenvalue weighted by Crippen LogP contribution is -2.48. The zero-order valence-corrected chi connectivity index (χ0v) is 13.9. The maximum absolute atomic E-state index is 14.5. The van der Waals surface area contributed by atoms with Crippen molar-refractivity contribution in [2.24, 2.45) is 5.16 Å². The number of halogens is 1. The van der Waals surface area contributed by atoms with Crippen molar-refractivity contribution in [1.82, 2.24) is 14.9 Å². The highest BCUT2D eigenvalue weighted by Gasteiger charge is 2.29. The fourth-order valence-electron chi connectivity index (χ4n) is 2.82. The maximum atomic E-state index is 14.5. The van der Waals surface area contributed by atoms with Gasteiger partial charge in [0.1, 0.15) is 11.2 Å². The van der Waals surface area contributed by atoms with Gasteiger partial charge in [0.15, 0.2) is 17.1 Å². The van der Waals surface area contributed by atoms with Crippen molar-refractivity contribution in [2.75, 3.05) is 18.0 Å². The van der Waals surface area contributed by atoms with Crippen molar-refractivity contribution in [1.29, 1.82) is 0 Å². The molecular formula is C15H12FN5O4S. The number of nitrogens with zero attached hydrogens (tertiary/aromatic N) is 4. The van der Waals surface area contributed by atoms with Gasteiger partial charge in [-0.15, -0.1) is 0 Å². The fourth-order valence-corrected chi connectivity index (χ4v) is 3.57. The van der Waals surface area contributed by atoms with Gasteiger partial charge >= 0.3 is 5.97 Å². The molecule has 0 spiro atoms. The van der Waals surface area contributed by atoms with Crippen molar-refractivity contribution < 1.29 is 19.5 Å². The van der Waals surface area contributed by atoms with Gasteiger partial charge in [-0.3, -0.25) is 4.79 Å². The van der Waals surface area contributed by atoms with Crippen LogP contribution in [0, 0.1) is 5.82 Å². The summed E-state index contributed by atoms with van der Waals surface area (Å²) in [5.41, 5.74) is -1.01. The summed E-state index contributed by atoms with van der Waals surface area (Å²) in [6, 6.07) is 1.00. The van der Waals surface area contributed by atoms with Crippen molar-refractivity contribution in [3.8, 4) is 0 Å². The van der Waals surface area contributed by atoms with Crippen LogP contribution < -0.4 is 15.6 Å². The Morgan fingerprint density at radius 1 is 1.46 bits per heavy atom. The molecule has 1 unspecified atom stereocenters. The summed E-state index contributed by atoms with van der Waals surface area (Å²) in [4.78, 5) is 29.7. The fraction of sp³-hybridized carbons (Fsp3) is 0.200.